The van der Waals surface area contributed by atoms with Gasteiger partial charge in [0, 0.05) is 0 Å². The zero-order valence-corrected chi connectivity index (χ0v) is 6.27. The van der Waals surface area contributed by atoms with E-state index in [1.807, 2.05) is 0 Å². The van der Waals surface area contributed by atoms with Crippen molar-refractivity contribution >= 4 is 6.16 Å². The Hall–Kier alpha value is -1.13. The Bertz CT molecular complexity index is 146. The van der Waals surface area contributed by atoms with Crippen molar-refractivity contribution in [1.82, 2.24) is 0 Å². The first-order valence-electron chi connectivity index (χ1n) is 2.71. The summed E-state index contributed by atoms with van der Waals surface area (Å²) in [5.41, 5.74) is 0.419. The average molecular weight is 168 g/mol. The summed E-state index contributed by atoms with van der Waals surface area (Å²) >= 11 is 0. The van der Waals surface area contributed by atoms with E-state index in [4.69, 9.17) is 15.0 Å². The van der Waals surface area contributed by atoms with Crippen LogP contribution in [0.4, 0.5) is 13.6 Å². The van der Waals surface area contributed by atoms with Crippen LogP contribution in [0.15, 0.2) is 11.4 Å². The SMILES string of the molecule is CC(C)=C(F)CF.O=C(O)O. The molecule has 0 spiro atoms. The molecule has 0 rings (SSSR count). The van der Waals surface area contributed by atoms with E-state index in [2.05, 4.69) is 0 Å². The molecule has 2 N–H and O–H groups in total. The summed E-state index contributed by atoms with van der Waals surface area (Å²) in [6.45, 7) is 2.10. The highest BCUT2D eigenvalue weighted by molar-refractivity contribution is 5.53. The molecule has 0 unspecified atom stereocenters. The highest BCUT2D eigenvalue weighted by atomic mass is 19.2. The fraction of sp³-hybridized carbons (Fsp3) is 0.500. The first-order chi connectivity index (χ1) is 4.91. The van der Waals surface area contributed by atoms with Crippen molar-refractivity contribution < 1.29 is 23.8 Å². The van der Waals surface area contributed by atoms with Crippen LogP contribution in [0.2, 0.25) is 0 Å². The standard InChI is InChI=1S/C5H8F2.CH2O3/c1-4(2)5(7)3-6;2-1(3)4/h3H2,1-2H3;(H2,2,3,4). The van der Waals surface area contributed by atoms with Crippen LogP contribution in [0.5, 0.6) is 0 Å². The minimum Gasteiger partial charge on any atom is -0.450 e. The van der Waals surface area contributed by atoms with E-state index in [0.717, 1.165) is 0 Å². The Balaban J connectivity index is 0. The lowest BCUT2D eigenvalue weighted by molar-refractivity contribution is 0.137. The minimum atomic E-state index is -1.83. The van der Waals surface area contributed by atoms with Crippen molar-refractivity contribution in [3.63, 3.8) is 0 Å². The first kappa shape index (κ1) is 12.5. The predicted octanol–water partition coefficient (Wildman–Crippen LogP) is 2.44. The topological polar surface area (TPSA) is 57.5 Å². The number of hydrogen-bond donors (Lipinski definition) is 2. The van der Waals surface area contributed by atoms with Gasteiger partial charge in [0.2, 0.25) is 0 Å². The summed E-state index contributed by atoms with van der Waals surface area (Å²) in [6, 6.07) is 0. The lowest BCUT2D eigenvalue weighted by Crippen LogP contribution is -1.81. The lowest BCUT2D eigenvalue weighted by Gasteiger charge is -1.87. The van der Waals surface area contributed by atoms with E-state index in [1.54, 1.807) is 0 Å². The van der Waals surface area contributed by atoms with Gasteiger partial charge in [-0.3, -0.25) is 0 Å². The zero-order chi connectivity index (χ0) is 9.44. The smallest absolute Gasteiger partial charge is 0.450 e. The molecule has 0 atom stereocenters. The first-order valence-corrected chi connectivity index (χ1v) is 2.71. The number of allylic oxidation sites excluding steroid dienone is 2. The molecule has 0 amide bonds. The molecule has 0 aromatic rings. The molecule has 0 aliphatic heterocycles. The average Bonchev–Trinajstić information content (AvgIpc) is 1.85. The molecule has 0 saturated heterocycles. The van der Waals surface area contributed by atoms with Gasteiger partial charge in [0.15, 0.2) is 0 Å². The predicted molar refractivity (Wildman–Crippen MR) is 36.1 cm³/mol. The summed E-state index contributed by atoms with van der Waals surface area (Å²) in [7, 11) is 0. The van der Waals surface area contributed by atoms with Crippen LogP contribution in [0, 0.1) is 0 Å². The van der Waals surface area contributed by atoms with Crippen molar-refractivity contribution in [2.75, 3.05) is 6.67 Å². The van der Waals surface area contributed by atoms with Crippen LogP contribution in [0.1, 0.15) is 13.8 Å². The summed E-state index contributed by atoms with van der Waals surface area (Å²) in [5, 5.41) is 13.9. The third-order valence-electron chi connectivity index (χ3n) is 0.660. The van der Waals surface area contributed by atoms with Gasteiger partial charge >= 0.3 is 6.16 Å². The van der Waals surface area contributed by atoms with E-state index < -0.39 is 18.7 Å². The Morgan fingerprint density at radius 2 is 1.64 bits per heavy atom. The van der Waals surface area contributed by atoms with Crippen molar-refractivity contribution in [3.05, 3.63) is 11.4 Å². The molecule has 66 valence electrons. The Labute approximate surface area is 63.0 Å². The molecule has 0 aromatic heterocycles. The molecule has 0 aliphatic carbocycles. The molecule has 0 aliphatic rings. The van der Waals surface area contributed by atoms with Crippen LogP contribution in [0.25, 0.3) is 0 Å². The van der Waals surface area contributed by atoms with Crippen LogP contribution >= 0.6 is 0 Å². The quantitative estimate of drug-likeness (QED) is 0.632. The van der Waals surface area contributed by atoms with Crippen molar-refractivity contribution in [2.45, 2.75) is 13.8 Å². The van der Waals surface area contributed by atoms with E-state index in [0.29, 0.717) is 5.57 Å². The molecular formula is C6H10F2O3. The lowest BCUT2D eigenvalue weighted by atomic mass is 10.3. The maximum atomic E-state index is 11.8. The normalized spacial score (nSPS) is 7.64. The van der Waals surface area contributed by atoms with E-state index in [1.165, 1.54) is 13.8 Å². The van der Waals surface area contributed by atoms with Gasteiger partial charge in [-0.2, -0.15) is 0 Å². The van der Waals surface area contributed by atoms with Gasteiger partial charge in [-0.25, -0.2) is 13.6 Å². The molecule has 0 bridgehead atoms. The number of rotatable bonds is 1. The Kier molecular flexibility index (Phi) is 7.96. The monoisotopic (exact) mass is 168 g/mol. The minimum absolute atomic E-state index is 0.419. The van der Waals surface area contributed by atoms with Crippen molar-refractivity contribution in [1.29, 1.82) is 0 Å². The highest BCUT2D eigenvalue weighted by Gasteiger charge is 1.91. The highest BCUT2D eigenvalue weighted by Crippen LogP contribution is 2.03. The molecule has 3 nitrogen and oxygen atoms in total. The van der Waals surface area contributed by atoms with E-state index >= 15 is 0 Å². The van der Waals surface area contributed by atoms with Crippen LogP contribution in [0.3, 0.4) is 0 Å². The number of carbonyl (C=O) groups is 1. The molecule has 0 saturated carbocycles. The van der Waals surface area contributed by atoms with Gasteiger partial charge in [0.05, 0.1) is 0 Å². The fourth-order valence-corrected chi connectivity index (χ4v) is 0.134. The number of carboxylic acid groups (broad SMARTS) is 2. The second kappa shape index (κ2) is 6.98. The van der Waals surface area contributed by atoms with Gasteiger partial charge in [-0.15, -0.1) is 0 Å². The Morgan fingerprint density at radius 1 is 1.36 bits per heavy atom. The molecule has 11 heavy (non-hydrogen) atoms. The summed E-state index contributed by atoms with van der Waals surface area (Å²) in [5.74, 6) is -0.653. The van der Waals surface area contributed by atoms with Crippen molar-refractivity contribution in [2.24, 2.45) is 0 Å². The second-order valence-corrected chi connectivity index (χ2v) is 1.82. The number of hydrogen-bond acceptors (Lipinski definition) is 1. The molecule has 5 heteroatoms. The zero-order valence-electron chi connectivity index (χ0n) is 6.27. The van der Waals surface area contributed by atoms with Gasteiger partial charge in [0.1, 0.15) is 12.5 Å². The van der Waals surface area contributed by atoms with E-state index in [-0.39, 0.29) is 0 Å². The molecular weight excluding hydrogens is 158 g/mol. The van der Waals surface area contributed by atoms with Crippen molar-refractivity contribution in [3.8, 4) is 0 Å². The third-order valence-corrected chi connectivity index (χ3v) is 0.660. The Morgan fingerprint density at radius 3 is 1.64 bits per heavy atom. The third kappa shape index (κ3) is 17.7. The van der Waals surface area contributed by atoms with Crippen LogP contribution < -0.4 is 0 Å². The molecule has 0 heterocycles. The molecule has 0 fully saturated rings. The maximum Gasteiger partial charge on any atom is 0.503 e. The van der Waals surface area contributed by atoms with Gasteiger partial charge in [-0.05, 0) is 19.4 Å². The molecule has 0 aromatic carbocycles. The summed E-state index contributed by atoms with van der Waals surface area (Å²) in [4.78, 5) is 8.56. The second-order valence-electron chi connectivity index (χ2n) is 1.82. The number of alkyl halides is 1. The fourth-order valence-electron chi connectivity index (χ4n) is 0.134. The van der Waals surface area contributed by atoms with Gasteiger partial charge in [0.25, 0.3) is 0 Å². The van der Waals surface area contributed by atoms with Gasteiger partial charge in [-0.1, -0.05) is 0 Å². The molecule has 0 radical (unpaired) electrons. The summed E-state index contributed by atoms with van der Waals surface area (Å²) in [6.07, 6.45) is -1.83. The van der Waals surface area contributed by atoms with Crippen LogP contribution in [-0.4, -0.2) is 23.0 Å². The number of halogens is 2. The summed E-state index contributed by atoms with van der Waals surface area (Å²) < 4.78 is 23.0. The van der Waals surface area contributed by atoms with Gasteiger partial charge < -0.3 is 10.2 Å². The van der Waals surface area contributed by atoms with E-state index in [9.17, 15) is 8.78 Å². The maximum absolute atomic E-state index is 11.8. The largest absolute Gasteiger partial charge is 0.503 e. The van der Waals surface area contributed by atoms with Crippen LogP contribution in [-0.2, 0) is 0 Å².